The van der Waals surface area contributed by atoms with E-state index in [1.807, 2.05) is 0 Å². The first-order chi connectivity index (χ1) is 7.54. The highest BCUT2D eigenvalue weighted by atomic mass is 16.6. The number of nitro groups is 1. The van der Waals surface area contributed by atoms with Crippen molar-refractivity contribution in [2.24, 2.45) is 0 Å². The topological polar surface area (TPSA) is 89.7 Å². The van der Waals surface area contributed by atoms with Gasteiger partial charge < -0.3 is 9.84 Å². The maximum absolute atomic E-state index is 10.7. The quantitative estimate of drug-likeness (QED) is 0.476. The molecule has 0 aliphatic rings. The molecule has 1 rings (SSSR count). The number of benzene rings is 1. The molecular formula is C10H9NO5. The minimum absolute atomic E-state index is 0.197. The van der Waals surface area contributed by atoms with Crippen LogP contribution in [0.4, 0.5) is 5.69 Å². The predicted octanol–water partition coefficient (Wildman–Crippen LogP) is 1.70. The molecule has 0 bridgehead atoms. The van der Waals surface area contributed by atoms with E-state index in [0.29, 0.717) is 5.75 Å². The van der Waals surface area contributed by atoms with Crippen molar-refractivity contribution in [2.45, 2.75) is 0 Å². The average molecular weight is 223 g/mol. The third-order valence-electron chi connectivity index (χ3n) is 1.84. The van der Waals surface area contributed by atoms with E-state index in [0.717, 1.165) is 6.08 Å². The summed E-state index contributed by atoms with van der Waals surface area (Å²) >= 11 is 0. The zero-order valence-corrected chi connectivity index (χ0v) is 8.41. The summed E-state index contributed by atoms with van der Waals surface area (Å²) < 4.78 is 4.84. The summed E-state index contributed by atoms with van der Waals surface area (Å²) in [5.74, 6) is -0.815. The van der Waals surface area contributed by atoms with Crippen LogP contribution in [0.1, 0.15) is 5.56 Å². The van der Waals surface area contributed by atoms with Crippen LogP contribution in [0.2, 0.25) is 0 Å². The molecule has 1 aromatic rings. The van der Waals surface area contributed by atoms with Crippen molar-refractivity contribution in [3.8, 4) is 5.75 Å². The number of nitro benzene ring substituents is 1. The number of aliphatic carboxylic acids is 1. The standard InChI is InChI=1S/C10H9NO5/c1-16-8-4-2-7(3-5-10(12)13)9(6-8)11(14)15/h2-6H,1H3,(H,12,13). The maximum Gasteiger partial charge on any atom is 0.328 e. The second-order valence-corrected chi connectivity index (χ2v) is 2.85. The Balaban J connectivity index is 3.18. The molecule has 0 saturated carbocycles. The predicted molar refractivity (Wildman–Crippen MR) is 56.3 cm³/mol. The maximum atomic E-state index is 10.7. The van der Waals surface area contributed by atoms with Crippen molar-refractivity contribution in [3.05, 3.63) is 40.0 Å². The van der Waals surface area contributed by atoms with Crippen molar-refractivity contribution in [2.75, 3.05) is 7.11 Å². The van der Waals surface area contributed by atoms with E-state index in [1.54, 1.807) is 0 Å². The van der Waals surface area contributed by atoms with E-state index in [9.17, 15) is 14.9 Å². The first-order valence-corrected chi connectivity index (χ1v) is 4.28. The minimum Gasteiger partial charge on any atom is -0.497 e. The zero-order chi connectivity index (χ0) is 12.1. The smallest absolute Gasteiger partial charge is 0.328 e. The van der Waals surface area contributed by atoms with Gasteiger partial charge in [0.15, 0.2) is 0 Å². The van der Waals surface area contributed by atoms with Crippen LogP contribution in [0, 0.1) is 10.1 Å². The lowest BCUT2D eigenvalue weighted by Crippen LogP contribution is -1.94. The lowest BCUT2D eigenvalue weighted by molar-refractivity contribution is -0.385. The number of methoxy groups -OCH3 is 1. The molecule has 1 N–H and O–H groups in total. The summed E-state index contributed by atoms with van der Waals surface area (Å²) in [4.78, 5) is 20.4. The summed E-state index contributed by atoms with van der Waals surface area (Å²) in [6, 6.07) is 4.19. The number of carbonyl (C=O) groups is 1. The summed E-state index contributed by atoms with van der Waals surface area (Å²) in [5.41, 5.74) is 0.0186. The van der Waals surface area contributed by atoms with Crippen molar-refractivity contribution in [1.29, 1.82) is 0 Å². The molecule has 0 aliphatic carbocycles. The summed E-state index contributed by atoms with van der Waals surface area (Å²) in [6.45, 7) is 0. The molecule has 6 nitrogen and oxygen atoms in total. The Bertz CT molecular complexity index is 453. The summed E-state index contributed by atoms with van der Waals surface area (Å²) in [5, 5.41) is 19.1. The Morgan fingerprint density at radius 2 is 2.25 bits per heavy atom. The number of rotatable bonds is 4. The summed E-state index contributed by atoms with van der Waals surface area (Å²) in [6.07, 6.45) is 2.01. The van der Waals surface area contributed by atoms with Gasteiger partial charge in [0.25, 0.3) is 5.69 Å². The van der Waals surface area contributed by atoms with Gasteiger partial charge in [0.05, 0.1) is 23.7 Å². The normalized spacial score (nSPS) is 10.3. The van der Waals surface area contributed by atoms with Crippen LogP contribution in [0.25, 0.3) is 6.08 Å². The monoisotopic (exact) mass is 223 g/mol. The molecule has 84 valence electrons. The highest BCUT2D eigenvalue weighted by molar-refractivity contribution is 5.86. The number of hydrogen-bond donors (Lipinski definition) is 1. The lowest BCUT2D eigenvalue weighted by atomic mass is 10.1. The molecule has 0 aliphatic heterocycles. The van der Waals surface area contributed by atoms with Gasteiger partial charge in [0.1, 0.15) is 5.75 Å². The summed E-state index contributed by atoms with van der Waals surface area (Å²) in [7, 11) is 1.39. The zero-order valence-electron chi connectivity index (χ0n) is 8.41. The molecule has 0 atom stereocenters. The van der Waals surface area contributed by atoms with Crippen molar-refractivity contribution < 1.29 is 19.6 Å². The van der Waals surface area contributed by atoms with Crippen molar-refractivity contribution in [3.63, 3.8) is 0 Å². The number of nitrogens with zero attached hydrogens (tertiary/aromatic N) is 1. The van der Waals surface area contributed by atoms with E-state index in [2.05, 4.69) is 0 Å². The number of ether oxygens (including phenoxy) is 1. The van der Waals surface area contributed by atoms with Gasteiger partial charge >= 0.3 is 5.97 Å². The second kappa shape index (κ2) is 4.92. The van der Waals surface area contributed by atoms with Gasteiger partial charge in [0.2, 0.25) is 0 Å². The Labute approximate surface area is 90.9 Å². The van der Waals surface area contributed by atoms with Crippen LogP contribution in [-0.4, -0.2) is 23.1 Å². The van der Waals surface area contributed by atoms with Crippen LogP contribution in [0.3, 0.4) is 0 Å². The van der Waals surface area contributed by atoms with Gasteiger partial charge in [0, 0.05) is 6.08 Å². The van der Waals surface area contributed by atoms with Crippen LogP contribution in [0.5, 0.6) is 5.75 Å². The van der Waals surface area contributed by atoms with Gasteiger partial charge in [-0.15, -0.1) is 0 Å². The number of carboxylic acids is 1. The highest BCUT2D eigenvalue weighted by Crippen LogP contribution is 2.25. The van der Waals surface area contributed by atoms with Crippen LogP contribution in [-0.2, 0) is 4.79 Å². The Hall–Kier alpha value is -2.37. The third kappa shape index (κ3) is 2.81. The van der Waals surface area contributed by atoms with E-state index < -0.39 is 10.9 Å². The van der Waals surface area contributed by atoms with E-state index in [4.69, 9.17) is 9.84 Å². The Morgan fingerprint density at radius 3 is 2.75 bits per heavy atom. The molecule has 6 heteroatoms. The molecule has 16 heavy (non-hydrogen) atoms. The molecule has 1 aromatic carbocycles. The fourth-order valence-corrected chi connectivity index (χ4v) is 1.11. The number of carboxylic acid groups (broad SMARTS) is 1. The molecule has 0 radical (unpaired) electrons. The van der Waals surface area contributed by atoms with E-state index >= 15 is 0 Å². The fraction of sp³-hybridized carbons (Fsp3) is 0.100. The first-order valence-electron chi connectivity index (χ1n) is 4.28. The van der Waals surface area contributed by atoms with Gasteiger partial charge in [-0.05, 0) is 18.2 Å². The molecule has 0 saturated heterocycles. The number of hydrogen-bond acceptors (Lipinski definition) is 4. The lowest BCUT2D eigenvalue weighted by Gasteiger charge is -2.01. The highest BCUT2D eigenvalue weighted by Gasteiger charge is 2.12. The van der Waals surface area contributed by atoms with Gasteiger partial charge in [-0.2, -0.15) is 0 Å². The Morgan fingerprint density at radius 1 is 1.56 bits per heavy atom. The molecule has 0 spiro atoms. The third-order valence-corrected chi connectivity index (χ3v) is 1.84. The van der Waals surface area contributed by atoms with Crippen molar-refractivity contribution >= 4 is 17.7 Å². The van der Waals surface area contributed by atoms with Gasteiger partial charge in [-0.3, -0.25) is 10.1 Å². The average Bonchev–Trinajstić information content (AvgIpc) is 2.25. The molecule has 0 amide bonds. The SMILES string of the molecule is COc1ccc(C=CC(=O)O)c([N+](=O)[O-])c1. The van der Waals surface area contributed by atoms with Crippen LogP contribution < -0.4 is 4.74 Å². The molecule has 0 aromatic heterocycles. The second-order valence-electron chi connectivity index (χ2n) is 2.85. The Kier molecular flexibility index (Phi) is 3.60. The van der Waals surface area contributed by atoms with E-state index in [-0.39, 0.29) is 11.3 Å². The molecule has 0 fully saturated rings. The minimum atomic E-state index is -1.16. The fourth-order valence-electron chi connectivity index (χ4n) is 1.11. The van der Waals surface area contributed by atoms with Gasteiger partial charge in [-0.25, -0.2) is 4.79 Å². The van der Waals surface area contributed by atoms with Crippen molar-refractivity contribution in [1.82, 2.24) is 0 Å². The van der Waals surface area contributed by atoms with E-state index in [1.165, 1.54) is 31.4 Å². The molecule has 0 unspecified atom stereocenters. The largest absolute Gasteiger partial charge is 0.497 e. The molecule has 0 heterocycles. The molecular weight excluding hydrogens is 214 g/mol. The first kappa shape index (κ1) is 11.7. The van der Waals surface area contributed by atoms with Gasteiger partial charge in [-0.1, -0.05) is 0 Å². The van der Waals surface area contributed by atoms with Crippen LogP contribution >= 0.6 is 0 Å². The van der Waals surface area contributed by atoms with Crippen LogP contribution in [0.15, 0.2) is 24.3 Å².